The van der Waals surface area contributed by atoms with Gasteiger partial charge in [-0.15, -0.1) is 0 Å². The summed E-state index contributed by atoms with van der Waals surface area (Å²) in [6.45, 7) is 0. The second-order valence-electron chi connectivity index (χ2n) is 4.52. The highest BCUT2D eigenvalue weighted by Gasteiger charge is 2.29. The Morgan fingerprint density at radius 3 is 2.76 bits per heavy atom. The number of hydrogen-bond acceptors (Lipinski definition) is 4. The van der Waals surface area contributed by atoms with Crippen LogP contribution in [-0.4, -0.2) is 26.0 Å². The number of imidazole rings is 1. The lowest BCUT2D eigenvalue weighted by molar-refractivity contribution is 0.579. The summed E-state index contributed by atoms with van der Waals surface area (Å²) in [5.41, 5.74) is 5.56. The van der Waals surface area contributed by atoms with Crippen molar-refractivity contribution < 1.29 is 0 Å². The minimum absolute atomic E-state index is 0.0707. The molecule has 1 fully saturated rings. The molecule has 5 N–H and O–H groups in total. The zero-order valence-corrected chi connectivity index (χ0v) is 9.12. The van der Waals surface area contributed by atoms with Crippen molar-refractivity contribution in [2.45, 2.75) is 25.3 Å². The molecule has 1 saturated carbocycles. The van der Waals surface area contributed by atoms with Gasteiger partial charge in [-0.1, -0.05) is 0 Å². The van der Waals surface area contributed by atoms with Gasteiger partial charge >= 0.3 is 5.69 Å². The number of hydrogen-bond donors (Lipinski definition) is 4. The highest BCUT2D eigenvalue weighted by atomic mass is 16.2. The van der Waals surface area contributed by atoms with E-state index in [1.165, 1.54) is 12.8 Å². The molecule has 0 spiro atoms. The third-order valence-corrected chi connectivity index (χ3v) is 3.10. The molecular formula is C10H13N5O2. The minimum Gasteiger partial charge on any atom is -0.336 e. The van der Waals surface area contributed by atoms with Crippen LogP contribution in [0.3, 0.4) is 0 Å². The van der Waals surface area contributed by atoms with E-state index in [9.17, 15) is 9.59 Å². The number of rotatable bonds is 3. The lowest BCUT2D eigenvalue weighted by atomic mass is 10.1. The smallest absolute Gasteiger partial charge is 0.327 e. The summed E-state index contributed by atoms with van der Waals surface area (Å²) in [4.78, 5) is 34.2. The van der Waals surface area contributed by atoms with Crippen LogP contribution in [0.15, 0.2) is 9.59 Å². The quantitative estimate of drug-likeness (QED) is 0.557. The van der Waals surface area contributed by atoms with Crippen molar-refractivity contribution in [3.05, 3.63) is 26.7 Å². The van der Waals surface area contributed by atoms with E-state index in [2.05, 4.69) is 19.9 Å². The number of nitrogens with zero attached hydrogens (tertiary/aromatic N) is 1. The van der Waals surface area contributed by atoms with Crippen LogP contribution in [-0.2, 0) is 6.42 Å². The Morgan fingerprint density at radius 1 is 1.29 bits per heavy atom. The van der Waals surface area contributed by atoms with Crippen LogP contribution < -0.4 is 17.0 Å². The predicted octanol–water partition coefficient (Wildman–Crippen LogP) is -0.781. The molecule has 1 atom stereocenters. The first-order valence-corrected chi connectivity index (χ1v) is 5.60. The number of nitrogens with one attached hydrogen (secondary N) is 3. The first-order chi connectivity index (χ1) is 8.13. The van der Waals surface area contributed by atoms with E-state index >= 15 is 0 Å². The summed E-state index contributed by atoms with van der Waals surface area (Å²) in [6, 6.07) is 0.0707. The molecule has 1 aliphatic carbocycles. The minimum atomic E-state index is -0.549. The van der Waals surface area contributed by atoms with Gasteiger partial charge in [0.25, 0.3) is 5.56 Å². The van der Waals surface area contributed by atoms with Gasteiger partial charge in [-0.05, 0) is 18.8 Å². The summed E-state index contributed by atoms with van der Waals surface area (Å²) < 4.78 is 0. The van der Waals surface area contributed by atoms with E-state index in [1.54, 1.807) is 0 Å². The van der Waals surface area contributed by atoms with Gasteiger partial charge in [0.15, 0.2) is 5.65 Å². The first-order valence-electron chi connectivity index (χ1n) is 5.60. The molecule has 1 unspecified atom stereocenters. The summed E-state index contributed by atoms with van der Waals surface area (Å²) in [5.74, 6) is 1.22. The Kier molecular flexibility index (Phi) is 2.15. The lowest BCUT2D eigenvalue weighted by Gasteiger charge is -2.06. The molecule has 0 saturated heterocycles. The molecule has 3 rings (SSSR count). The summed E-state index contributed by atoms with van der Waals surface area (Å²) in [5, 5.41) is 0. The molecule has 0 radical (unpaired) electrons. The third-order valence-electron chi connectivity index (χ3n) is 3.10. The Morgan fingerprint density at radius 2 is 2.06 bits per heavy atom. The van der Waals surface area contributed by atoms with Crippen molar-refractivity contribution in [3.8, 4) is 0 Å². The van der Waals surface area contributed by atoms with E-state index in [4.69, 9.17) is 5.73 Å². The SMILES string of the molecule is NC(Cc1nc2[nH]c(=O)[nH]c(=O)c2[nH]1)C1CC1. The molecule has 90 valence electrons. The normalized spacial score (nSPS) is 17.5. The van der Waals surface area contributed by atoms with Gasteiger partial charge in [0.05, 0.1) is 0 Å². The number of aromatic amines is 3. The van der Waals surface area contributed by atoms with Crippen LogP contribution in [0.5, 0.6) is 0 Å². The Hall–Kier alpha value is -1.89. The fourth-order valence-electron chi connectivity index (χ4n) is 1.99. The Labute approximate surface area is 95.5 Å². The molecule has 2 heterocycles. The molecule has 7 nitrogen and oxygen atoms in total. The second kappa shape index (κ2) is 3.56. The average molecular weight is 235 g/mol. The first kappa shape index (κ1) is 10.3. The standard InChI is InChI=1S/C10H13N5O2/c11-5(4-1-2-4)3-6-12-7-8(13-6)14-10(17)15-9(7)16/h4-5H,1-3,11H2,(H3,12,13,14,15,16,17). The van der Waals surface area contributed by atoms with Crippen molar-refractivity contribution in [3.63, 3.8) is 0 Å². The second-order valence-corrected chi connectivity index (χ2v) is 4.52. The van der Waals surface area contributed by atoms with Gasteiger partial charge in [0.1, 0.15) is 11.3 Å². The maximum absolute atomic E-state index is 11.5. The number of aromatic nitrogens is 4. The number of H-pyrrole nitrogens is 3. The Bertz CT molecular complexity index is 663. The van der Waals surface area contributed by atoms with Crippen molar-refractivity contribution in [1.29, 1.82) is 0 Å². The van der Waals surface area contributed by atoms with Gasteiger partial charge in [-0.2, -0.15) is 0 Å². The summed E-state index contributed by atoms with van der Waals surface area (Å²) >= 11 is 0. The van der Waals surface area contributed by atoms with Crippen molar-refractivity contribution >= 4 is 11.2 Å². The molecule has 17 heavy (non-hydrogen) atoms. The molecule has 7 heteroatoms. The van der Waals surface area contributed by atoms with Gasteiger partial charge in [0, 0.05) is 12.5 Å². The average Bonchev–Trinajstić information content (AvgIpc) is 3.01. The van der Waals surface area contributed by atoms with Crippen molar-refractivity contribution in [1.82, 2.24) is 19.9 Å². The zero-order valence-electron chi connectivity index (χ0n) is 9.12. The fourth-order valence-corrected chi connectivity index (χ4v) is 1.99. The largest absolute Gasteiger partial charge is 0.336 e. The molecule has 1 aliphatic rings. The molecule has 2 aromatic heterocycles. The van der Waals surface area contributed by atoms with Crippen LogP contribution in [0.25, 0.3) is 11.2 Å². The maximum Gasteiger partial charge on any atom is 0.327 e. The van der Waals surface area contributed by atoms with Crippen LogP contribution in [0.4, 0.5) is 0 Å². The fraction of sp³-hybridized carbons (Fsp3) is 0.500. The van der Waals surface area contributed by atoms with Crippen molar-refractivity contribution in [2.24, 2.45) is 11.7 Å². The monoisotopic (exact) mass is 235 g/mol. The van der Waals surface area contributed by atoms with E-state index < -0.39 is 11.2 Å². The third kappa shape index (κ3) is 1.89. The van der Waals surface area contributed by atoms with Crippen LogP contribution >= 0.6 is 0 Å². The topological polar surface area (TPSA) is 120 Å². The van der Waals surface area contributed by atoms with E-state index in [0.29, 0.717) is 23.7 Å². The van der Waals surface area contributed by atoms with Gasteiger partial charge in [0.2, 0.25) is 0 Å². The molecule has 0 aromatic carbocycles. The highest BCUT2D eigenvalue weighted by molar-refractivity contribution is 5.68. The van der Waals surface area contributed by atoms with E-state index in [0.717, 1.165) is 0 Å². The molecule has 0 aliphatic heterocycles. The molecule has 2 aromatic rings. The van der Waals surface area contributed by atoms with Gasteiger partial charge in [-0.3, -0.25) is 14.8 Å². The number of nitrogens with two attached hydrogens (primary N) is 1. The van der Waals surface area contributed by atoms with E-state index in [1.807, 2.05) is 0 Å². The lowest BCUT2D eigenvalue weighted by Crippen LogP contribution is -2.25. The zero-order chi connectivity index (χ0) is 12.0. The van der Waals surface area contributed by atoms with Crippen LogP contribution in [0.1, 0.15) is 18.7 Å². The Balaban J connectivity index is 1.98. The van der Waals surface area contributed by atoms with Crippen molar-refractivity contribution in [2.75, 3.05) is 0 Å². The number of fused-ring (bicyclic) bond motifs is 1. The molecule has 0 bridgehead atoms. The van der Waals surface area contributed by atoms with Crippen LogP contribution in [0, 0.1) is 5.92 Å². The van der Waals surface area contributed by atoms with E-state index in [-0.39, 0.29) is 11.7 Å². The molecule has 0 amide bonds. The predicted molar refractivity (Wildman–Crippen MR) is 61.7 cm³/mol. The van der Waals surface area contributed by atoms with Crippen LogP contribution in [0.2, 0.25) is 0 Å². The molecular weight excluding hydrogens is 222 g/mol. The van der Waals surface area contributed by atoms with Gasteiger partial charge in [-0.25, -0.2) is 9.78 Å². The summed E-state index contributed by atoms with van der Waals surface area (Å²) in [7, 11) is 0. The summed E-state index contributed by atoms with van der Waals surface area (Å²) in [6.07, 6.45) is 2.93. The van der Waals surface area contributed by atoms with Gasteiger partial charge < -0.3 is 10.7 Å². The highest BCUT2D eigenvalue weighted by Crippen LogP contribution is 2.32. The maximum atomic E-state index is 11.5.